The number of aliphatic hydroxyl groups is 1. The molecule has 1 N–H and O–H groups in total. The zero-order chi connectivity index (χ0) is 8.93. The summed E-state index contributed by atoms with van der Waals surface area (Å²) in [5, 5.41) is 9.75. The lowest BCUT2D eigenvalue weighted by molar-refractivity contribution is 0.0770. The Morgan fingerprint density at radius 2 is 1.92 bits per heavy atom. The molecule has 4 atom stereocenters. The van der Waals surface area contributed by atoms with Gasteiger partial charge in [-0.3, -0.25) is 0 Å². The highest BCUT2D eigenvalue weighted by Gasteiger charge is 2.60. The van der Waals surface area contributed by atoms with Gasteiger partial charge in [0, 0.05) is 0 Å². The third-order valence-electron chi connectivity index (χ3n) is 4.12. The molecular weight excluding hydrogens is 168 g/mol. The van der Waals surface area contributed by atoms with Crippen LogP contribution in [0, 0.1) is 23.2 Å². The summed E-state index contributed by atoms with van der Waals surface area (Å²) in [6, 6.07) is 0. The minimum Gasteiger partial charge on any atom is -0.393 e. The molecule has 2 heteroatoms. The minimum absolute atomic E-state index is 0.0782. The van der Waals surface area contributed by atoms with Gasteiger partial charge < -0.3 is 5.11 Å². The van der Waals surface area contributed by atoms with Crippen LogP contribution in [-0.2, 0) is 0 Å². The van der Waals surface area contributed by atoms with Crippen molar-refractivity contribution in [3.63, 3.8) is 0 Å². The van der Waals surface area contributed by atoms with Crippen LogP contribution in [0.1, 0.15) is 26.7 Å². The summed E-state index contributed by atoms with van der Waals surface area (Å²) >= 11 is 4.28. The van der Waals surface area contributed by atoms with Crippen molar-refractivity contribution < 1.29 is 5.11 Å². The van der Waals surface area contributed by atoms with Gasteiger partial charge in [0.1, 0.15) is 0 Å². The van der Waals surface area contributed by atoms with E-state index in [1.165, 1.54) is 6.42 Å². The second-order valence-corrected chi connectivity index (χ2v) is 5.38. The third kappa shape index (κ3) is 1.12. The Balaban J connectivity index is 2.03. The summed E-state index contributed by atoms with van der Waals surface area (Å²) in [6.45, 7) is 4.66. The Morgan fingerprint density at radius 3 is 2.50 bits per heavy atom. The smallest absolute Gasteiger partial charge is 0.0579 e. The molecule has 4 unspecified atom stereocenters. The molecule has 0 aromatic rings. The molecule has 70 valence electrons. The molecule has 2 aliphatic rings. The van der Waals surface area contributed by atoms with E-state index in [1.807, 2.05) is 0 Å². The number of hydrogen-bond donors (Lipinski definition) is 2. The van der Waals surface area contributed by atoms with Crippen LogP contribution < -0.4 is 0 Å². The lowest BCUT2D eigenvalue weighted by atomic mass is 9.88. The number of thiol groups is 1. The molecule has 0 aliphatic heterocycles. The molecule has 0 amide bonds. The molecule has 2 aliphatic carbocycles. The Hall–Kier alpha value is 0.310. The van der Waals surface area contributed by atoms with Gasteiger partial charge in [-0.2, -0.15) is 12.6 Å². The monoisotopic (exact) mass is 186 g/mol. The number of fused-ring (bicyclic) bond motifs is 1. The molecular formula is C10H18OS. The van der Waals surface area contributed by atoms with E-state index in [9.17, 15) is 5.11 Å². The molecule has 2 rings (SSSR count). The maximum atomic E-state index is 9.75. The van der Waals surface area contributed by atoms with E-state index in [2.05, 4.69) is 26.5 Å². The molecule has 1 nitrogen and oxygen atoms in total. The zero-order valence-electron chi connectivity index (χ0n) is 7.83. The number of rotatable bonds is 1. The summed E-state index contributed by atoms with van der Waals surface area (Å²) in [5.74, 6) is 2.97. The second kappa shape index (κ2) is 2.65. The van der Waals surface area contributed by atoms with Crippen LogP contribution >= 0.6 is 12.6 Å². The van der Waals surface area contributed by atoms with Gasteiger partial charge in [-0.05, 0) is 41.8 Å². The van der Waals surface area contributed by atoms with Crippen molar-refractivity contribution in [1.82, 2.24) is 0 Å². The maximum Gasteiger partial charge on any atom is 0.0579 e. The van der Waals surface area contributed by atoms with Crippen LogP contribution in [0.25, 0.3) is 0 Å². The first-order valence-electron chi connectivity index (χ1n) is 4.86. The molecule has 0 heterocycles. The molecule has 0 radical (unpaired) electrons. The summed E-state index contributed by atoms with van der Waals surface area (Å²) in [4.78, 5) is 0. The highest BCUT2D eigenvalue weighted by atomic mass is 32.1. The lowest BCUT2D eigenvalue weighted by Gasteiger charge is -2.25. The molecule has 12 heavy (non-hydrogen) atoms. The van der Waals surface area contributed by atoms with Crippen molar-refractivity contribution in [1.29, 1.82) is 0 Å². The van der Waals surface area contributed by atoms with Crippen molar-refractivity contribution in [3.05, 3.63) is 0 Å². The predicted octanol–water partition coefficient (Wildman–Crippen LogP) is 1.96. The van der Waals surface area contributed by atoms with E-state index in [4.69, 9.17) is 0 Å². The highest BCUT2D eigenvalue weighted by molar-refractivity contribution is 7.80. The average molecular weight is 186 g/mol. The fourth-order valence-electron chi connectivity index (χ4n) is 2.93. The van der Waals surface area contributed by atoms with Crippen molar-refractivity contribution >= 4 is 12.6 Å². The van der Waals surface area contributed by atoms with E-state index in [0.717, 1.165) is 24.0 Å². The van der Waals surface area contributed by atoms with Gasteiger partial charge in [-0.1, -0.05) is 13.8 Å². The van der Waals surface area contributed by atoms with Gasteiger partial charge in [0.05, 0.1) is 6.10 Å². The second-order valence-electron chi connectivity index (χ2n) is 5.02. The van der Waals surface area contributed by atoms with Gasteiger partial charge >= 0.3 is 0 Å². The molecule has 0 aromatic carbocycles. The van der Waals surface area contributed by atoms with Crippen LogP contribution in [0.3, 0.4) is 0 Å². The highest BCUT2D eigenvalue weighted by Crippen LogP contribution is 2.65. The summed E-state index contributed by atoms with van der Waals surface area (Å²) in [6.07, 6.45) is 2.14. The molecule has 0 spiro atoms. The lowest BCUT2D eigenvalue weighted by Crippen LogP contribution is -2.26. The first-order valence-corrected chi connectivity index (χ1v) is 5.49. The molecule has 0 aromatic heterocycles. The number of hydrogen-bond acceptors (Lipinski definition) is 2. The summed E-state index contributed by atoms with van der Waals surface area (Å²) < 4.78 is 0. The number of aliphatic hydroxyl groups excluding tert-OH is 1. The molecule has 2 fully saturated rings. The van der Waals surface area contributed by atoms with Gasteiger partial charge in [-0.25, -0.2) is 0 Å². The molecule has 2 saturated carbocycles. The quantitative estimate of drug-likeness (QED) is 0.600. The Labute approximate surface area is 80.0 Å². The van der Waals surface area contributed by atoms with Gasteiger partial charge in [0.25, 0.3) is 0 Å². The normalized spacial score (nSPS) is 50.0. The van der Waals surface area contributed by atoms with Crippen molar-refractivity contribution in [3.8, 4) is 0 Å². The van der Waals surface area contributed by atoms with Crippen LogP contribution in [0.5, 0.6) is 0 Å². The molecule has 0 bridgehead atoms. The average Bonchev–Trinajstić information content (AvgIpc) is 2.52. The Kier molecular flexibility index (Phi) is 1.96. The summed E-state index contributed by atoms with van der Waals surface area (Å²) in [7, 11) is 0. The van der Waals surface area contributed by atoms with Crippen molar-refractivity contribution in [2.75, 3.05) is 5.75 Å². The van der Waals surface area contributed by atoms with E-state index < -0.39 is 0 Å². The van der Waals surface area contributed by atoms with Crippen molar-refractivity contribution in [2.45, 2.75) is 32.8 Å². The van der Waals surface area contributed by atoms with Crippen LogP contribution in [-0.4, -0.2) is 17.0 Å². The zero-order valence-corrected chi connectivity index (χ0v) is 8.72. The van der Waals surface area contributed by atoms with Crippen LogP contribution in [0.4, 0.5) is 0 Å². The Morgan fingerprint density at radius 1 is 1.33 bits per heavy atom. The first-order chi connectivity index (χ1) is 5.57. The third-order valence-corrected chi connectivity index (χ3v) is 4.59. The maximum absolute atomic E-state index is 9.75. The van der Waals surface area contributed by atoms with E-state index in [1.54, 1.807) is 0 Å². The SMILES string of the molecule is CC1(C)C2CC(O)C(CS)CC21. The topological polar surface area (TPSA) is 20.2 Å². The predicted molar refractivity (Wildman–Crippen MR) is 53.3 cm³/mol. The first kappa shape index (κ1) is 8.89. The fourth-order valence-corrected chi connectivity index (χ4v) is 3.32. The van der Waals surface area contributed by atoms with Gasteiger partial charge in [-0.15, -0.1) is 0 Å². The standard InChI is InChI=1S/C10H18OS/c1-10(2)7-3-6(5-12)9(11)4-8(7)10/h6-9,11-12H,3-5H2,1-2H3. The van der Waals surface area contributed by atoms with E-state index in [0.29, 0.717) is 11.3 Å². The van der Waals surface area contributed by atoms with E-state index in [-0.39, 0.29) is 6.10 Å². The van der Waals surface area contributed by atoms with Crippen LogP contribution in [0.2, 0.25) is 0 Å². The van der Waals surface area contributed by atoms with Gasteiger partial charge in [0.2, 0.25) is 0 Å². The fraction of sp³-hybridized carbons (Fsp3) is 1.00. The van der Waals surface area contributed by atoms with Crippen molar-refractivity contribution in [2.24, 2.45) is 23.2 Å². The molecule has 0 saturated heterocycles. The summed E-state index contributed by atoms with van der Waals surface area (Å²) in [5.41, 5.74) is 0.513. The largest absolute Gasteiger partial charge is 0.393 e. The Bertz CT molecular complexity index is 190. The van der Waals surface area contributed by atoms with Crippen LogP contribution in [0.15, 0.2) is 0 Å². The minimum atomic E-state index is -0.0782. The van der Waals surface area contributed by atoms with Gasteiger partial charge in [0.15, 0.2) is 0 Å². The van der Waals surface area contributed by atoms with E-state index >= 15 is 0 Å².